The minimum absolute atomic E-state index is 0.0602. The Hall–Kier alpha value is -1.61. The van der Waals surface area contributed by atoms with Gasteiger partial charge in [0.1, 0.15) is 5.60 Å². The maximum absolute atomic E-state index is 11.9. The Bertz CT molecular complexity index is 381. The van der Waals surface area contributed by atoms with E-state index in [1.807, 2.05) is 6.07 Å². The molecule has 1 saturated heterocycles. The summed E-state index contributed by atoms with van der Waals surface area (Å²) in [5.41, 5.74) is -0.537. The summed E-state index contributed by atoms with van der Waals surface area (Å²) in [6.07, 6.45) is -0.406. The average molecular weight is 268 g/mol. The zero-order valence-corrected chi connectivity index (χ0v) is 11.6. The maximum atomic E-state index is 11.9. The maximum Gasteiger partial charge on any atom is 0.306 e. The molecule has 1 unspecified atom stereocenters. The number of rotatable bonds is 3. The monoisotopic (exact) mass is 268 g/mol. The molecule has 1 amide bonds. The molecule has 0 bridgehead atoms. The topological polar surface area (TPSA) is 79.6 Å². The fourth-order valence-electron chi connectivity index (χ4n) is 1.71. The van der Waals surface area contributed by atoms with Gasteiger partial charge in [0, 0.05) is 13.0 Å². The molecule has 0 aromatic heterocycles. The van der Waals surface area contributed by atoms with E-state index in [4.69, 9.17) is 14.7 Å². The number of carbonyl (C=O) groups is 2. The summed E-state index contributed by atoms with van der Waals surface area (Å²) in [5, 5.41) is 8.75. The lowest BCUT2D eigenvalue weighted by Gasteiger charge is -2.29. The summed E-state index contributed by atoms with van der Waals surface area (Å²) in [4.78, 5) is 24.9. The highest BCUT2D eigenvalue weighted by atomic mass is 16.6. The van der Waals surface area contributed by atoms with Crippen molar-refractivity contribution in [3.8, 4) is 6.07 Å². The number of nitriles is 1. The molecule has 0 saturated carbocycles. The first kappa shape index (κ1) is 15.4. The molecule has 1 aliphatic rings. The second-order valence-corrected chi connectivity index (χ2v) is 5.41. The van der Waals surface area contributed by atoms with Crippen molar-refractivity contribution in [1.29, 1.82) is 5.26 Å². The lowest BCUT2D eigenvalue weighted by atomic mass is 10.2. The molecular weight excluding hydrogens is 248 g/mol. The van der Waals surface area contributed by atoms with Crippen LogP contribution in [0.1, 0.15) is 33.6 Å². The SMILES string of the molecule is CC(C)(C)OC(=O)CCC(=O)N1CCOC(C#N)C1. The molecule has 1 rings (SSSR count). The van der Waals surface area contributed by atoms with Gasteiger partial charge in [0.15, 0.2) is 6.10 Å². The first-order chi connectivity index (χ1) is 8.81. The van der Waals surface area contributed by atoms with Crippen LogP contribution < -0.4 is 0 Å². The zero-order chi connectivity index (χ0) is 14.5. The third-order valence-electron chi connectivity index (χ3n) is 2.53. The number of esters is 1. The summed E-state index contributed by atoms with van der Waals surface area (Å²) in [6.45, 7) is 6.44. The number of nitrogens with zero attached hydrogens (tertiary/aromatic N) is 2. The highest BCUT2D eigenvalue weighted by molar-refractivity contribution is 5.81. The van der Waals surface area contributed by atoms with Gasteiger partial charge in [-0.2, -0.15) is 5.26 Å². The lowest BCUT2D eigenvalue weighted by molar-refractivity contribution is -0.156. The molecule has 6 nitrogen and oxygen atoms in total. The Kier molecular flexibility index (Phi) is 5.31. The van der Waals surface area contributed by atoms with Gasteiger partial charge >= 0.3 is 5.97 Å². The fraction of sp³-hybridized carbons (Fsp3) is 0.769. The third-order valence-corrected chi connectivity index (χ3v) is 2.53. The molecule has 0 radical (unpaired) electrons. The highest BCUT2D eigenvalue weighted by Crippen LogP contribution is 2.11. The molecule has 1 atom stereocenters. The van der Waals surface area contributed by atoms with Crippen LogP contribution in [0, 0.1) is 11.3 Å². The van der Waals surface area contributed by atoms with Crippen LogP contribution in [0.2, 0.25) is 0 Å². The van der Waals surface area contributed by atoms with Gasteiger partial charge in [0.25, 0.3) is 0 Å². The smallest absolute Gasteiger partial charge is 0.306 e. The Labute approximate surface area is 113 Å². The van der Waals surface area contributed by atoms with Crippen LogP contribution in [0.15, 0.2) is 0 Å². The second-order valence-electron chi connectivity index (χ2n) is 5.41. The van der Waals surface area contributed by atoms with Gasteiger partial charge in [0.05, 0.1) is 25.6 Å². The molecule has 1 aliphatic heterocycles. The van der Waals surface area contributed by atoms with E-state index in [9.17, 15) is 9.59 Å². The first-order valence-corrected chi connectivity index (χ1v) is 6.32. The van der Waals surface area contributed by atoms with Gasteiger partial charge in [0.2, 0.25) is 5.91 Å². The number of morpholine rings is 1. The van der Waals surface area contributed by atoms with Crippen LogP contribution in [0.25, 0.3) is 0 Å². The molecule has 0 N–H and O–H groups in total. The van der Waals surface area contributed by atoms with Gasteiger partial charge in [-0.25, -0.2) is 0 Å². The van der Waals surface area contributed by atoms with Crippen LogP contribution in [-0.2, 0) is 19.1 Å². The van der Waals surface area contributed by atoms with E-state index in [0.717, 1.165) is 0 Å². The molecular formula is C13H20N2O4. The molecule has 0 aliphatic carbocycles. The predicted molar refractivity (Wildman–Crippen MR) is 67.0 cm³/mol. The molecule has 0 aromatic carbocycles. The van der Waals surface area contributed by atoms with Crippen LogP contribution in [-0.4, -0.2) is 48.2 Å². The van der Waals surface area contributed by atoms with E-state index in [1.54, 1.807) is 25.7 Å². The summed E-state index contributed by atoms with van der Waals surface area (Å²) in [6, 6.07) is 1.98. The first-order valence-electron chi connectivity index (χ1n) is 6.32. The summed E-state index contributed by atoms with van der Waals surface area (Å²) in [5.74, 6) is -0.527. The van der Waals surface area contributed by atoms with E-state index in [-0.39, 0.29) is 31.3 Å². The zero-order valence-electron chi connectivity index (χ0n) is 11.6. The molecule has 1 heterocycles. The molecule has 1 fully saturated rings. The van der Waals surface area contributed by atoms with E-state index < -0.39 is 11.7 Å². The number of amides is 1. The molecule has 19 heavy (non-hydrogen) atoms. The Morgan fingerprint density at radius 2 is 2.11 bits per heavy atom. The van der Waals surface area contributed by atoms with Crippen molar-refractivity contribution in [2.45, 2.75) is 45.3 Å². The Balaban J connectivity index is 2.35. The second kappa shape index (κ2) is 6.53. The van der Waals surface area contributed by atoms with Gasteiger partial charge < -0.3 is 14.4 Å². The number of carbonyl (C=O) groups excluding carboxylic acids is 2. The van der Waals surface area contributed by atoms with E-state index in [1.165, 1.54) is 0 Å². The number of hydrogen-bond donors (Lipinski definition) is 0. The van der Waals surface area contributed by atoms with Crippen molar-refractivity contribution in [2.24, 2.45) is 0 Å². The van der Waals surface area contributed by atoms with Crippen molar-refractivity contribution in [2.75, 3.05) is 19.7 Å². The standard InChI is InChI=1S/C13H20N2O4/c1-13(2,3)19-12(17)5-4-11(16)15-6-7-18-10(8-14)9-15/h10H,4-7,9H2,1-3H3. The summed E-state index contributed by atoms with van der Waals surface area (Å²) in [7, 11) is 0. The van der Waals surface area contributed by atoms with Gasteiger partial charge in [-0.05, 0) is 20.8 Å². The Morgan fingerprint density at radius 1 is 1.42 bits per heavy atom. The minimum atomic E-state index is -0.570. The predicted octanol–water partition coefficient (Wildman–Crippen LogP) is 0.859. The van der Waals surface area contributed by atoms with Crippen molar-refractivity contribution in [1.82, 2.24) is 4.90 Å². The van der Waals surface area contributed by atoms with Gasteiger partial charge in [-0.15, -0.1) is 0 Å². The molecule has 6 heteroatoms. The summed E-state index contributed by atoms with van der Waals surface area (Å²) < 4.78 is 10.3. The molecule has 0 spiro atoms. The van der Waals surface area contributed by atoms with Crippen molar-refractivity contribution < 1.29 is 19.1 Å². The van der Waals surface area contributed by atoms with Crippen molar-refractivity contribution in [3.63, 3.8) is 0 Å². The third kappa shape index (κ3) is 5.71. The number of hydrogen-bond acceptors (Lipinski definition) is 5. The van der Waals surface area contributed by atoms with E-state index in [2.05, 4.69) is 0 Å². The summed E-state index contributed by atoms with van der Waals surface area (Å²) >= 11 is 0. The lowest BCUT2D eigenvalue weighted by Crippen LogP contribution is -2.45. The average Bonchev–Trinajstić information content (AvgIpc) is 2.34. The van der Waals surface area contributed by atoms with E-state index >= 15 is 0 Å². The highest BCUT2D eigenvalue weighted by Gasteiger charge is 2.25. The molecule has 106 valence electrons. The van der Waals surface area contributed by atoms with Crippen molar-refractivity contribution in [3.05, 3.63) is 0 Å². The van der Waals surface area contributed by atoms with Crippen LogP contribution in [0.3, 0.4) is 0 Å². The van der Waals surface area contributed by atoms with E-state index in [0.29, 0.717) is 13.2 Å². The van der Waals surface area contributed by atoms with Crippen molar-refractivity contribution >= 4 is 11.9 Å². The van der Waals surface area contributed by atoms with Crippen LogP contribution in [0.5, 0.6) is 0 Å². The van der Waals surface area contributed by atoms with Gasteiger partial charge in [-0.1, -0.05) is 0 Å². The molecule has 0 aromatic rings. The largest absolute Gasteiger partial charge is 0.460 e. The number of ether oxygens (including phenoxy) is 2. The normalized spacial score (nSPS) is 19.7. The quantitative estimate of drug-likeness (QED) is 0.709. The van der Waals surface area contributed by atoms with Crippen LogP contribution >= 0.6 is 0 Å². The minimum Gasteiger partial charge on any atom is -0.460 e. The fourth-order valence-corrected chi connectivity index (χ4v) is 1.71. The van der Waals surface area contributed by atoms with Gasteiger partial charge in [-0.3, -0.25) is 9.59 Å². The van der Waals surface area contributed by atoms with Crippen LogP contribution in [0.4, 0.5) is 0 Å². The Morgan fingerprint density at radius 3 is 2.68 bits per heavy atom.